The summed E-state index contributed by atoms with van der Waals surface area (Å²) < 4.78 is 3.32. The number of nitrogens with one attached hydrogen (secondary N) is 1. The summed E-state index contributed by atoms with van der Waals surface area (Å²) in [6.07, 6.45) is 2.05. The number of hydrogen-bond acceptors (Lipinski definition) is 2. The second kappa shape index (κ2) is 5.93. The third kappa shape index (κ3) is 2.79. The molecule has 0 saturated carbocycles. The van der Waals surface area contributed by atoms with Gasteiger partial charge in [-0.15, -0.1) is 0 Å². The molecular formula is C17H22BrN3. The van der Waals surface area contributed by atoms with Crippen molar-refractivity contribution in [1.82, 2.24) is 15.1 Å². The lowest BCUT2D eigenvalue weighted by atomic mass is 9.72. The smallest absolute Gasteiger partial charge is 0.0624 e. The van der Waals surface area contributed by atoms with Gasteiger partial charge in [-0.3, -0.25) is 4.68 Å². The fourth-order valence-corrected chi connectivity index (χ4v) is 3.53. The van der Waals surface area contributed by atoms with Crippen molar-refractivity contribution in [1.29, 1.82) is 0 Å². The number of benzene rings is 1. The lowest BCUT2D eigenvalue weighted by molar-refractivity contribution is 0.268. The monoisotopic (exact) mass is 347 g/mol. The highest BCUT2D eigenvalue weighted by Gasteiger charge is 2.39. The van der Waals surface area contributed by atoms with Crippen LogP contribution in [0.4, 0.5) is 0 Å². The highest BCUT2D eigenvalue weighted by Crippen LogP contribution is 2.34. The molecule has 0 spiro atoms. The zero-order chi connectivity index (χ0) is 14.9. The maximum absolute atomic E-state index is 4.69. The molecule has 1 fully saturated rings. The first-order valence-corrected chi connectivity index (χ1v) is 8.48. The number of hydrogen-bond donors (Lipinski definition) is 1. The van der Waals surface area contributed by atoms with Gasteiger partial charge < -0.3 is 5.32 Å². The molecular weight excluding hydrogens is 326 g/mol. The zero-order valence-electron chi connectivity index (χ0n) is 12.7. The summed E-state index contributed by atoms with van der Waals surface area (Å²) in [6, 6.07) is 11.0. The van der Waals surface area contributed by atoms with Gasteiger partial charge in [0.15, 0.2) is 0 Å². The summed E-state index contributed by atoms with van der Waals surface area (Å²) in [7, 11) is 0. The second-order valence-corrected chi connectivity index (χ2v) is 6.78. The van der Waals surface area contributed by atoms with Crippen LogP contribution in [0.5, 0.6) is 0 Å². The van der Waals surface area contributed by atoms with Crippen LogP contribution in [0, 0.1) is 0 Å². The Balaban J connectivity index is 1.92. The number of nitrogens with zero attached hydrogens (tertiary/aromatic N) is 2. The molecule has 0 aliphatic carbocycles. The van der Waals surface area contributed by atoms with Crippen molar-refractivity contribution in [3.63, 3.8) is 0 Å². The summed E-state index contributed by atoms with van der Waals surface area (Å²) in [5.74, 6) is 0. The largest absolute Gasteiger partial charge is 0.315 e. The van der Waals surface area contributed by atoms with Gasteiger partial charge in [0.25, 0.3) is 0 Å². The van der Waals surface area contributed by atoms with Crippen molar-refractivity contribution in [3.8, 4) is 0 Å². The Morgan fingerprint density at radius 1 is 1.29 bits per heavy atom. The quantitative estimate of drug-likeness (QED) is 0.899. The van der Waals surface area contributed by atoms with Crippen molar-refractivity contribution in [3.05, 3.63) is 51.8 Å². The van der Waals surface area contributed by atoms with Crippen molar-refractivity contribution in [2.24, 2.45) is 0 Å². The summed E-state index contributed by atoms with van der Waals surface area (Å²) in [6.45, 7) is 7.36. The molecule has 4 heteroatoms. The molecule has 2 aromatic rings. The molecule has 21 heavy (non-hydrogen) atoms. The van der Waals surface area contributed by atoms with Gasteiger partial charge in [-0.05, 0) is 37.1 Å². The van der Waals surface area contributed by atoms with E-state index in [9.17, 15) is 0 Å². The van der Waals surface area contributed by atoms with Crippen molar-refractivity contribution in [2.75, 3.05) is 13.1 Å². The van der Waals surface area contributed by atoms with Crippen LogP contribution in [0.15, 0.2) is 34.8 Å². The average molecular weight is 348 g/mol. The minimum absolute atomic E-state index is 0.210. The predicted octanol–water partition coefficient (Wildman–Crippen LogP) is 3.31. The fraction of sp³-hybridized carbons (Fsp3) is 0.471. The number of rotatable bonds is 5. The van der Waals surface area contributed by atoms with Gasteiger partial charge in [-0.25, -0.2) is 0 Å². The van der Waals surface area contributed by atoms with Crippen LogP contribution in [0.3, 0.4) is 0 Å². The van der Waals surface area contributed by atoms with E-state index in [1.807, 2.05) is 0 Å². The molecule has 2 heterocycles. The molecule has 0 radical (unpaired) electrons. The van der Waals surface area contributed by atoms with E-state index in [-0.39, 0.29) is 5.41 Å². The number of halogens is 1. The topological polar surface area (TPSA) is 29.9 Å². The molecule has 1 aliphatic heterocycles. The highest BCUT2D eigenvalue weighted by atomic mass is 79.9. The van der Waals surface area contributed by atoms with Crippen LogP contribution in [0.1, 0.15) is 30.8 Å². The molecule has 0 unspecified atom stereocenters. The standard InChI is InChI=1S/C17H22BrN3/c1-3-15-9-16(21(4-2)20-15)10-17(11-19-12-17)13-6-5-7-14(18)8-13/h5-9,19H,3-4,10-12H2,1-2H3. The number of aryl methyl sites for hydroxylation is 2. The Hall–Kier alpha value is -1.13. The van der Waals surface area contributed by atoms with E-state index < -0.39 is 0 Å². The first kappa shape index (κ1) is 14.8. The van der Waals surface area contributed by atoms with E-state index in [0.717, 1.165) is 36.9 Å². The molecule has 3 rings (SSSR count). The first-order chi connectivity index (χ1) is 10.2. The van der Waals surface area contributed by atoms with Crippen molar-refractivity contribution in [2.45, 2.75) is 38.6 Å². The summed E-state index contributed by atoms with van der Waals surface area (Å²) in [5.41, 5.74) is 4.18. The van der Waals surface area contributed by atoms with Crippen LogP contribution in [0.2, 0.25) is 0 Å². The van der Waals surface area contributed by atoms with Gasteiger partial charge in [0.05, 0.1) is 5.69 Å². The van der Waals surface area contributed by atoms with E-state index in [1.54, 1.807) is 0 Å². The molecule has 0 atom stereocenters. The van der Waals surface area contributed by atoms with Crippen LogP contribution >= 0.6 is 15.9 Å². The highest BCUT2D eigenvalue weighted by molar-refractivity contribution is 9.10. The molecule has 0 bridgehead atoms. The Morgan fingerprint density at radius 3 is 2.67 bits per heavy atom. The van der Waals surface area contributed by atoms with Gasteiger partial charge in [-0.2, -0.15) is 5.10 Å². The van der Waals surface area contributed by atoms with Gasteiger partial charge in [0, 0.05) is 41.6 Å². The van der Waals surface area contributed by atoms with E-state index in [4.69, 9.17) is 0 Å². The molecule has 112 valence electrons. The van der Waals surface area contributed by atoms with E-state index >= 15 is 0 Å². The predicted molar refractivity (Wildman–Crippen MR) is 89.7 cm³/mol. The Labute approximate surface area is 134 Å². The average Bonchev–Trinajstić information content (AvgIpc) is 2.85. The normalized spacial score (nSPS) is 16.7. The Bertz CT molecular complexity index is 629. The van der Waals surface area contributed by atoms with Crippen LogP contribution < -0.4 is 5.32 Å². The SMILES string of the molecule is CCc1cc(CC2(c3cccc(Br)c3)CNC2)n(CC)n1. The Morgan fingerprint density at radius 2 is 2.10 bits per heavy atom. The van der Waals surface area contributed by atoms with Crippen molar-refractivity contribution < 1.29 is 0 Å². The van der Waals surface area contributed by atoms with Crippen LogP contribution in [-0.2, 0) is 24.8 Å². The lowest BCUT2D eigenvalue weighted by Crippen LogP contribution is -2.58. The van der Waals surface area contributed by atoms with E-state index in [2.05, 4.69) is 75.2 Å². The summed E-state index contributed by atoms with van der Waals surface area (Å²) in [4.78, 5) is 0. The van der Waals surface area contributed by atoms with Gasteiger partial charge >= 0.3 is 0 Å². The van der Waals surface area contributed by atoms with Crippen molar-refractivity contribution >= 4 is 15.9 Å². The zero-order valence-corrected chi connectivity index (χ0v) is 14.3. The first-order valence-electron chi connectivity index (χ1n) is 7.69. The maximum Gasteiger partial charge on any atom is 0.0624 e. The minimum atomic E-state index is 0.210. The molecule has 0 amide bonds. The van der Waals surface area contributed by atoms with Crippen LogP contribution in [-0.4, -0.2) is 22.9 Å². The third-order valence-electron chi connectivity index (χ3n) is 4.46. The Kier molecular flexibility index (Phi) is 4.18. The molecule has 1 aromatic carbocycles. The molecule has 3 nitrogen and oxygen atoms in total. The number of aromatic nitrogens is 2. The lowest BCUT2D eigenvalue weighted by Gasteiger charge is -2.43. The van der Waals surface area contributed by atoms with Gasteiger partial charge in [-0.1, -0.05) is 35.0 Å². The second-order valence-electron chi connectivity index (χ2n) is 5.87. The van der Waals surface area contributed by atoms with E-state index in [0.29, 0.717) is 0 Å². The minimum Gasteiger partial charge on any atom is -0.315 e. The summed E-state index contributed by atoms with van der Waals surface area (Å²) in [5, 5.41) is 8.14. The molecule has 1 N–H and O–H groups in total. The molecule has 1 aliphatic rings. The fourth-order valence-electron chi connectivity index (χ4n) is 3.13. The maximum atomic E-state index is 4.69. The van der Waals surface area contributed by atoms with Gasteiger partial charge in [0.2, 0.25) is 0 Å². The third-order valence-corrected chi connectivity index (χ3v) is 4.95. The van der Waals surface area contributed by atoms with Gasteiger partial charge in [0.1, 0.15) is 0 Å². The van der Waals surface area contributed by atoms with E-state index in [1.165, 1.54) is 17.0 Å². The van der Waals surface area contributed by atoms with Crippen LogP contribution in [0.25, 0.3) is 0 Å². The molecule has 1 aromatic heterocycles. The molecule has 1 saturated heterocycles. The summed E-state index contributed by atoms with van der Waals surface area (Å²) >= 11 is 3.60.